The second kappa shape index (κ2) is 16.4. The average Bonchev–Trinajstić information content (AvgIpc) is 3.00. The topological polar surface area (TPSA) is 18.5 Å². The Morgan fingerprint density at radius 3 is 1.67 bits per heavy atom. The van der Waals surface area contributed by atoms with Crippen LogP contribution in [0.1, 0.15) is 117 Å². The molecule has 1 aliphatic heterocycles. The molecule has 0 bridgehead atoms. The lowest BCUT2D eigenvalue weighted by molar-refractivity contribution is -0.00989. The van der Waals surface area contributed by atoms with Crippen LogP contribution in [0.15, 0.2) is 0 Å². The van der Waals surface area contributed by atoms with Crippen molar-refractivity contribution in [1.82, 2.24) is 0 Å². The van der Waals surface area contributed by atoms with Crippen LogP contribution in [0.25, 0.3) is 0 Å². The monoisotopic (exact) mass is 340 g/mol. The molecule has 1 saturated heterocycles. The van der Waals surface area contributed by atoms with Gasteiger partial charge in [0.05, 0.1) is 18.8 Å². The molecule has 0 N–H and O–H groups in total. The van der Waals surface area contributed by atoms with Crippen molar-refractivity contribution >= 4 is 0 Å². The summed E-state index contributed by atoms with van der Waals surface area (Å²) in [5.41, 5.74) is 0. The van der Waals surface area contributed by atoms with Gasteiger partial charge in [-0.25, -0.2) is 0 Å². The molecule has 1 aliphatic rings. The van der Waals surface area contributed by atoms with Crippen LogP contribution in [0.3, 0.4) is 0 Å². The van der Waals surface area contributed by atoms with Gasteiger partial charge in [-0.3, -0.25) is 0 Å². The zero-order valence-electron chi connectivity index (χ0n) is 16.7. The molecule has 1 fully saturated rings. The van der Waals surface area contributed by atoms with Gasteiger partial charge in [0.25, 0.3) is 0 Å². The van der Waals surface area contributed by atoms with Crippen LogP contribution in [0.2, 0.25) is 0 Å². The third-order valence-corrected chi connectivity index (χ3v) is 5.27. The van der Waals surface area contributed by atoms with Gasteiger partial charge >= 0.3 is 0 Å². The molecule has 144 valence electrons. The fourth-order valence-corrected chi connectivity index (χ4v) is 3.62. The molecule has 0 radical (unpaired) electrons. The molecule has 1 rings (SSSR count). The van der Waals surface area contributed by atoms with Crippen molar-refractivity contribution in [3.05, 3.63) is 0 Å². The number of hydrogen-bond acceptors (Lipinski definition) is 2. The molecule has 0 aromatic heterocycles. The molecule has 0 aromatic rings. The van der Waals surface area contributed by atoms with E-state index >= 15 is 0 Å². The number of rotatable bonds is 17. The van der Waals surface area contributed by atoms with Crippen LogP contribution in [0.5, 0.6) is 0 Å². The maximum absolute atomic E-state index is 5.76. The highest BCUT2D eigenvalue weighted by Gasteiger charge is 2.21. The standard InChI is InChI=1S/C22H44O2/c1-3-4-5-6-7-8-9-10-11-12-13-14-15-16-19-23-20-22-18-17-21(2)24-22/h21-22H,3-20H2,1-2H3/t21-,22-/m0/s1. The third-order valence-electron chi connectivity index (χ3n) is 5.27. The molecular weight excluding hydrogens is 296 g/mol. The van der Waals surface area contributed by atoms with Crippen LogP contribution in [0.4, 0.5) is 0 Å². The second-order valence-electron chi connectivity index (χ2n) is 7.82. The highest BCUT2D eigenvalue weighted by Crippen LogP contribution is 2.19. The summed E-state index contributed by atoms with van der Waals surface area (Å²) in [4.78, 5) is 0. The quantitative estimate of drug-likeness (QED) is 0.264. The van der Waals surface area contributed by atoms with E-state index in [1.165, 1.54) is 103 Å². The molecule has 0 unspecified atom stereocenters. The maximum Gasteiger partial charge on any atom is 0.0813 e. The Morgan fingerprint density at radius 1 is 0.708 bits per heavy atom. The van der Waals surface area contributed by atoms with Gasteiger partial charge in [-0.15, -0.1) is 0 Å². The van der Waals surface area contributed by atoms with Gasteiger partial charge in [0.1, 0.15) is 0 Å². The van der Waals surface area contributed by atoms with Crippen LogP contribution < -0.4 is 0 Å². The van der Waals surface area contributed by atoms with Crippen molar-refractivity contribution in [3.8, 4) is 0 Å². The highest BCUT2D eigenvalue weighted by atomic mass is 16.5. The molecule has 0 spiro atoms. The van der Waals surface area contributed by atoms with Crippen molar-refractivity contribution in [2.24, 2.45) is 0 Å². The predicted molar refractivity (Wildman–Crippen MR) is 105 cm³/mol. The first-order valence-electron chi connectivity index (χ1n) is 11.1. The van der Waals surface area contributed by atoms with Gasteiger partial charge < -0.3 is 9.47 Å². The van der Waals surface area contributed by atoms with Gasteiger partial charge in [0, 0.05) is 6.61 Å². The summed E-state index contributed by atoms with van der Waals surface area (Å²) in [7, 11) is 0. The predicted octanol–water partition coefficient (Wildman–Crippen LogP) is 7.05. The summed E-state index contributed by atoms with van der Waals surface area (Å²) in [6.45, 7) is 6.18. The van der Waals surface area contributed by atoms with Crippen LogP contribution in [-0.4, -0.2) is 25.4 Å². The van der Waals surface area contributed by atoms with Gasteiger partial charge in [-0.05, 0) is 26.2 Å². The molecular formula is C22H44O2. The van der Waals surface area contributed by atoms with Gasteiger partial charge in [-0.2, -0.15) is 0 Å². The van der Waals surface area contributed by atoms with Crippen LogP contribution in [-0.2, 0) is 9.47 Å². The molecule has 2 nitrogen and oxygen atoms in total. The minimum Gasteiger partial charge on any atom is -0.379 e. The number of ether oxygens (including phenoxy) is 2. The van der Waals surface area contributed by atoms with Gasteiger partial charge in [0.15, 0.2) is 0 Å². The molecule has 0 amide bonds. The maximum atomic E-state index is 5.76. The number of unbranched alkanes of at least 4 members (excludes halogenated alkanes) is 13. The van der Waals surface area contributed by atoms with E-state index in [4.69, 9.17) is 9.47 Å². The van der Waals surface area contributed by atoms with Crippen LogP contribution >= 0.6 is 0 Å². The van der Waals surface area contributed by atoms with E-state index < -0.39 is 0 Å². The minimum absolute atomic E-state index is 0.367. The lowest BCUT2D eigenvalue weighted by Gasteiger charge is -2.11. The third kappa shape index (κ3) is 13.2. The molecule has 0 aromatic carbocycles. The first-order valence-corrected chi connectivity index (χ1v) is 11.1. The Morgan fingerprint density at radius 2 is 1.21 bits per heavy atom. The minimum atomic E-state index is 0.367. The molecule has 2 heteroatoms. The summed E-state index contributed by atoms with van der Waals surface area (Å²) in [5, 5.41) is 0. The average molecular weight is 341 g/mol. The summed E-state index contributed by atoms with van der Waals surface area (Å²) < 4.78 is 11.5. The highest BCUT2D eigenvalue weighted by molar-refractivity contribution is 4.69. The van der Waals surface area contributed by atoms with Crippen molar-refractivity contribution in [3.63, 3.8) is 0 Å². The van der Waals surface area contributed by atoms with E-state index in [0.717, 1.165) is 13.2 Å². The van der Waals surface area contributed by atoms with E-state index in [1.807, 2.05) is 0 Å². The van der Waals surface area contributed by atoms with E-state index in [0.29, 0.717) is 12.2 Å². The first kappa shape index (κ1) is 22.0. The summed E-state index contributed by atoms with van der Waals surface area (Å²) >= 11 is 0. The molecule has 24 heavy (non-hydrogen) atoms. The van der Waals surface area contributed by atoms with Crippen molar-refractivity contribution in [1.29, 1.82) is 0 Å². The molecule has 1 heterocycles. The lowest BCUT2D eigenvalue weighted by Crippen LogP contribution is -2.16. The largest absolute Gasteiger partial charge is 0.379 e. The van der Waals surface area contributed by atoms with E-state index in [9.17, 15) is 0 Å². The van der Waals surface area contributed by atoms with E-state index in [1.54, 1.807) is 0 Å². The number of hydrogen-bond donors (Lipinski definition) is 0. The Labute approximate surface area is 152 Å². The first-order chi connectivity index (χ1) is 11.8. The van der Waals surface area contributed by atoms with Gasteiger partial charge in [-0.1, -0.05) is 90.4 Å². The fourth-order valence-electron chi connectivity index (χ4n) is 3.62. The van der Waals surface area contributed by atoms with Crippen molar-refractivity contribution in [2.75, 3.05) is 13.2 Å². The molecule has 2 atom stereocenters. The second-order valence-corrected chi connectivity index (χ2v) is 7.82. The molecule has 0 aliphatic carbocycles. The van der Waals surface area contributed by atoms with E-state index in [2.05, 4.69) is 13.8 Å². The zero-order valence-corrected chi connectivity index (χ0v) is 16.7. The summed E-state index contributed by atoms with van der Waals surface area (Å²) in [5.74, 6) is 0. The Hall–Kier alpha value is -0.0800. The SMILES string of the molecule is CCCCCCCCCCCCCCCCOC[C@@H]1CC[C@H](C)O1. The Kier molecular flexibility index (Phi) is 15.0. The summed E-state index contributed by atoms with van der Waals surface area (Å²) in [6.07, 6.45) is 23.0. The smallest absolute Gasteiger partial charge is 0.0813 e. The van der Waals surface area contributed by atoms with E-state index in [-0.39, 0.29) is 0 Å². The fraction of sp³-hybridized carbons (Fsp3) is 1.00. The Balaban J connectivity index is 1.66. The van der Waals surface area contributed by atoms with Crippen molar-refractivity contribution < 1.29 is 9.47 Å². The molecule has 0 saturated carbocycles. The Bertz CT molecular complexity index is 254. The summed E-state index contributed by atoms with van der Waals surface area (Å²) in [6, 6.07) is 0. The lowest BCUT2D eigenvalue weighted by atomic mass is 10.0. The van der Waals surface area contributed by atoms with Gasteiger partial charge in [0.2, 0.25) is 0 Å². The normalized spacial score (nSPS) is 20.8. The van der Waals surface area contributed by atoms with Crippen LogP contribution in [0, 0.1) is 0 Å². The van der Waals surface area contributed by atoms with Crippen molar-refractivity contribution in [2.45, 2.75) is 129 Å². The zero-order chi connectivity index (χ0) is 17.3.